The van der Waals surface area contributed by atoms with Gasteiger partial charge in [0.25, 0.3) is 0 Å². The molecule has 40 heavy (non-hydrogen) atoms. The van der Waals surface area contributed by atoms with Crippen molar-refractivity contribution in [3.63, 3.8) is 0 Å². The van der Waals surface area contributed by atoms with Gasteiger partial charge in [-0.25, -0.2) is 4.98 Å². The molecule has 2 aromatic rings. The number of aryl methyl sites for hydroxylation is 1. The minimum absolute atomic E-state index is 0.0585. The van der Waals surface area contributed by atoms with Gasteiger partial charge in [0.1, 0.15) is 12.7 Å². The van der Waals surface area contributed by atoms with Crippen molar-refractivity contribution in [1.82, 2.24) is 10.3 Å². The van der Waals surface area contributed by atoms with Crippen LogP contribution in [-0.2, 0) is 49.3 Å². The van der Waals surface area contributed by atoms with Crippen LogP contribution < -0.4 is 10.6 Å². The molecular formula is C26H31N3O9S2. The molecule has 14 heteroatoms. The summed E-state index contributed by atoms with van der Waals surface area (Å²) in [6.45, 7) is 6.40. The molecular weight excluding hydrogens is 562 g/mol. The van der Waals surface area contributed by atoms with Crippen LogP contribution in [0.2, 0.25) is 0 Å². The SMILES string of the molecule is CCc1ccc(-c2csc(NC(=S)N[C@@H]3O[C@H](COC(C)=O)[C@@H](OC(C)=O)[C@H](OC(C)=O)[C@H]3OC(C)=O)n2)cc1. The van der Waals surface area contributed by atoms with E-state index in [-0.39, 0.29) is 11.7 Å². The number of esters is 4. The van der Waals surface area contributed by atoms with Gasteiger partial charge in [0.05, 0.1) is 5.69 Å². The predicted molar refractivity (Wildman–Crippen MR) is 148 cm³/mol. The van der Waals surface area contributed by atoms with Gasteiger partial charge in [-0.2, -0.15) is 0 Å². The zero-order valence-electron chi connectivity index (χ0n) is 22.6. The van der Waals surface area contributed by atoms with Crippen LogP contribution >= 0.6 is 23.6 Å². The number of thiocarbonyl (C=S) groups is 1. The Morgan fingerprint density at radius 1 is 0.925 bits per heavy atom. The minimum Gasteiger partial charge on any atom is -0.463 e. The molecule has 3 rings (SSSR count). The van der Waals surface area contributed by atoms with Crippen LogP contribution in [0.25, 0.3) is 11.3 Å². The second kappa shape index (κ2) is 14.1. The van der Waals surface area contributed by atoms with Gasteiger partial charge in [0, 0.05) is 38.6 Å². The summed E-state index contributed by atoms with van der Waals surface area (Å²) in [5, 5.41) is 8.28. The number of rotatable bonds is 9. The van der Waals surface area contributed by atoms with Gasteiger partial charge in [-0.15, -0.1) is 11.3 Å². The number of hydrogen-bond acceptors (Lipinski definition) is 12. The zero-order valence-corrected chi connectivity index (χ0v) is 24.3. The van der Waals surface area contributed by atoms with E-state index in [1.807, 2.05) is 29.6 Å². The maximum atomic E-state index is 12.0. The number of anilines is 1. The van der Waals surface area contributed by atoms with Crippen molar-refractivity contribution in [2.45, 2.75) is 71.7 Å². The number of carbonyl (C=O) groups excluding carboxylic acids is 4. The second-order valence-corrected chi connectivity index (χ2v) is 10.1. The molecule has 1 aliphatic heterocycles. The summed E-state index contributed by atoms with van der Waals surface area (Å²) in [6.07, 6.45) is -5.21. The summed E-state index contributed by atoms with van der Waals surface area (Å²) in [6, 6.07) is 8.06. The molecule has 2 N–H and O–H groups in total. The predicted octanol–water partition coefficient (Wildman–Crippen LogP) is 2.74. The molecule has 1 aromatic heterocycles. The lowest BCUT2D eigenvalue weighted by atomic mass is 9.97. The van der Waals surface area contributed by atoms with Crippen LogP contribution in [0.5, 0.6) is 0 Å². The molecule has 1 fully saturated rings. The molecule has 5 atom stereocenters. The van der Waals surface area contributed by atoms with Gasteiger partial charge in [-0.05, 0) is 24.2 Å². The zero-order chi connectivity index (χ0) is 29.4. The number of benzene rings is 1. The topological polar surface area (TPSA) is 151 Å². The highest BCUT2D eigenvalue weighted by Crippen LogP contribution is 2.29. The summed E-state index contributed by atoms with van der Waals surface area (Å²) >= 11 is 6.78. The molecule has 0 saturated carbocycles. The van der Waals surface area contributed by atoms with E-state index in [0.717, 1.165) is 38.4 Å². The summed E-state index contributed by atoms with van der Waals surface area (Å²) in [4.78, 5) is 51.9. The molecule has 1 aliphatic rings. The van der Waals surface area contributed by atoms with E-state index in [1.54, 1.807) is 0 Å². The first-order valence-corrected chi connectivity index (χ1v) is 13.7. The summed E-state index contributed by atoms with van der Waals surface area (Å²) in [7, 11) is 0. The lowest BCUT2D eigenvalue weighted by molar-refractivity contribution is -0.254. The number of ether oxygens (including phenoxy) is 5. The van der Waals surface area contributed by atoms with Gasteiger partial charge < -0.3 is 34.3 Å². The van der Waals surface area contributed by atoms with E-state index in [1.165, 1.54) is 23.8 Å². The Hall–Kier alpha value is -3.62. The molecule has 1 saturated heterocycles. The minimum atomic E-state index is -1.31. The molecule has 0 aliphatic carbocycles. The average molecular weight is 594 g/mol. The number of carbonyl (C=O) groups is 4. The number of nitrogens with zero attached hydrogens (tertiary/aromatic N) is 1. The number of hydrogen-bond donors (Lipinski definition) is 2. The third-order valence-corrected chi connectivity index (χ3v) is 6.62. The third kappa shape index (κ3) is 8.69. The number of thiazole rings is 1. The standard InChI is InChI=1S/C26H31N3O9S2/c1-6-17-7-9-18(10-8-17)19-12-40-26(27-19)29-25(39)28-24-23(37-16(5)33)22(36-15(4)32)21(35-14(3)31)20(38-24)11-34-13(2)30/h7-10,12,20-24H,6,11H2,1-5H3,(H2,27,28,29,39)/t20-,21-,22+,23-,24-/m1/s1. The van der Waals surface area contributed by atoms with Gasteiger partial charge in [0.15, 0.2) is 34.8 Å². The Kier molecular flexibility index (Phi) is 10.9. The third-order valence-electron chi connectivity index (χ3n) is 5.65. The van der Waals surface area contributed by atoms with E-state index in [0.29, 0.717) is 5.13 Å². The molecule has 0 bridgehead atoms. The Labute approximate surface area is 240 Å². The molecule has 12 nitrogen and oxygen atoms in total. The lowest BCUT2D eigenvalue weighted by Gasteiger charge is -2.44. The van der Waals surface area contributed by atoms with Gasteiger partial charge in [-0.1, -0.05) is 31.2 Å². The molecule has 0 spiro atoms. The fourth-order valence-corrected chi connectivity index (χ4v) is 4.98. The summed E-state index contributed by atoms with van der Waals surface area (Å²) in [5.74, 6) is -2.76. The van der Waals surface area contributed by atoms with Crippen LogP contribution in [0.4, 0.5) is 5.13 Å². The highest BCUT2D eigenvalue weighted by molar-refractivity contribution is 7.80. The van der Waals surface area contributed by atoms with E-state index >= 15 is 0 Å². The van der Waals surface area contributed by atoms with E-state index in [4.69, 9.17) is 35.9 Å². The van der Waals surface area contributed by atoms with Crippen molar-refractivity contribution >= 4 is 57.7 Å². The van der Waals surface area contributed by atoms with Crippen molar-refractivity contribution in [3.8, 4) is 11.3 Å². The lowest BCUT2D eigenvalue weighted by Crippen LogP contribution is -2.66. The molecule has 2 heterocycles. The van der Waals surface area contributed by atoms with Gasteiger partial charge in [0.2, 0.25) is 0 Å². The first kappa shape index (κ1) is 30.9. The summed E-state index contributed by atoms with van der Waals surface area (Å²) in [5.41, 5.74) is 2.91. The van der Waals surface area contributed by atoms with Crippen LogP contribution in [0.3, 0.4) is 0 Å². The van der Waals surface area contributed by atoms with Crippen molar-refractivity contribution in [3.05, 3.63) is 35.2 Å². The van der Waals surface area contributed by atoms with Crippen LogP contribution in [0.1, 0.15) is 40.2 Å². The molecule has 1 aromatic carbocycles. The first-order valence-electron chi connectivity index (χ1n) is 12.4. The van der Waals surface area contributed by atoms with Crippen molar-refractivity contribution in [1.29, 1.82) is 0 Å². The maximum Gasteiger partial charge on any atom is 0.303 e. The Bertz CT molecular complexity index is 1230. The Morgan fingerprint density at radius 2 is 1.52 bits per heavy atom. The molecule has 0 amide bonds. The van der Waals surface area contributed by atoms with E-state index < -0.39 is 54.5 Å². The van der Waals surface area contributed by atoms with Crippen LogP contribution in [0.15, 0.2) is 29.6 Å². The van der Waals surface area contributed by atoms with Crippen LogP contribution in [0, 0.1) is 0 Å². The number of nitrogens with one attached hydrogen (secondary N) is 2. The largest absolute Gasteiger partial charge is 0.463 e. The van der Waals surface area contributed by atoms with Crippen molar-refractivity contribution < 1.29 is 42.9 Å². The van der Waals surface area contributed by atoms with Gasteiger partial charge in [-0.3, -0.25) is 19.2 Å². The monoisotopic (exact) mass is 593 g/mol. The smallest absolute Gasteiger partial charge is 0.303 e. The van der Waals surface area contributed by atoms with Gasteiger partial charge >= 0.3 is 23.9 Å². The van der Waals surface area contributed by atoms with Crippen LogP contribution in [-0.4, -0.2) is 71.2 Å². The quantitative estimate of drug-likeness (QED) is 0.249. The van der Waals surface area contributed by atoms with Crippen molar-refractivity contribution in [2.24, 2.45) is 0 Å². The highest BCUT2D eigenvalue weighted by Gasteiger charge is 2.52. The Balaban J connectivity index is 1.82. The molecule has 0 radical (unpaired) electrons. The highest BCUT2D eigenvalue weighted by atomic mass is 32.1. The molecule has 216 valence electrons. The fraction of sp³-hybridized carbons (Fsp3) is 0.462. The fourth-order valence-electron chi connectivity index (χ4n) is 3.98. The summed E-state index contributed by atoms with van der Waals surface area (Å²) < 4.78 is 27.3. The Morgan fingerprint density at radius 3 is 2.10 bits per heavy atom. The maximum absolute atomic E-state index is 12.0. The first-order chi connectivity index (χ1) is 19.0. The molecule has 0 unspecified atom stereocenters. The van der Waals surface area contributed by atoms with E-state index in [2.05, 4.69) is 22.5 Å². The second-order valence-electron chi connectivity index (χ2n) is 8.81. The number of aromatic nitrogens is 1. The van der Waals surface area contributed by atoms with E-state index in [9.17, 15) is 19.2 Å². The average Bonchev–Trinajstić information content (AvgIpc) is 3.34. The van der Waals surface area contributed by atoms with Crippen molar-refractivity contribution in [2.75, 3.05) is 11.9 Å². The normalized spacial score (nSPS) is 22.0.